The summed E-state index contributed by atoms with van der Waals surface area (Å²) in [5.74, 6) is -3.46. The van der Waals surface area contributed by atoms with Gasteiger partial charge in [0.1, 0.15) is 6.04 Å². The van der Waals surface area contributed by atoms with Crippen LogP contribution in [0.25, 0.3) is 0 Å². The Balaban J connectivity index is 0.00000196. The number of carbonyl (C=O) groups excluding carboxylic acids is 1. The maximum absolute atomic E-state index is 12.0. The van der Waals surface area contributed by atoms with Crippen LogP contribution in [0.2, 0.25) is 0 Å². The van der Waals surface area contributed by atoms with Gasteiger partial charge in [0.05, 0.1) is 0 Å². The molecule has 0 aromatic rings. The fourth-order valence-electron chi connectivity index (χ4n) is 1.43. The molecule has 15 heavy (non-hydrogen) atoms. The number of amides is 1. The average Bonchev–Trinajstić information content (AvgIpc) is 2.48. The molecule has 1 saturated heterocycles. The minimum absolute atomic E-state index is 0. The van der Waals surface area contributed by atoms with Crippen molar-refractivity contribution in [3.05, 3.63) is 0 Å². The van der Waals surface area contributed by atoms with Gasteiger partial charge in [0.25, 0.3) is 0 Å². The van der Waals surface area contributed by atoms with Gasteiger partial charge in [0.15, 0.2) is 0 Å². The fourth-order valence-corrected chi connectivity index (χ4v) is 1.43. The molecule has 1 aliphatic rings. The summed E-state index contributed by atoms with van der Waals surface area (Å²) < 4.78 is 35.9. The molecule has 0 aromatic heterocycles. The van der Waals surface area contributed by atoms with Crippen molar-refractivity contribution in [3.8, 4) is 0 Å². The largest absolute Gasteiger partial charge is 0.480 e. The number of nitrogens with zero attached hydrogens (tertiary/aromatic N) is 1. The number of hydrogen-bond acceptors (Lipinski definition) is 2. The molecular formula is C7H9ClF3NO3. The summed E-state index contributed by atoms with van der Waals surface area (Å²) in [7, 11) is 0. The Morgan fingerprint density at radius 1 is 1.33 bits per heavy atom. The van der Waals surface area contributed by atoms with Crippen molar-refractivity contribution in [1.82, 2.24) is 4.90 Å². The van der Waals surface area contributed by atoms with Gasteiger partial charge in [-0.15, -0.1) is 12.4 Å². The van der Waals surface area contributed by atoms with Crippen LogP contribution in [0, 0.1) is 0 Å². The third-order valence-corrected chi connectivity index (χ3v) is 2.04. The molecule has 0 saturated carbocycles. The molecule has 1 amide bonds. The lowest BCUT2D eigenvalue weighted by atomic mass is 10.2. The summed E-state index contributed by atoms with van der Waals surface area (Å²) >= 11 is 0. The van der Waals surface area contributed by atoms with Crippen LogP contribution in [0.3, 0.4) is 0 Å². The van der Waals surface area contributed by atoms with Crippen LogP contribution in [0.4, 0.5) is 13.2 Å². The molecule has 1 aliphatic heterocycles. The molecule has 0 aliphatic carbocycles. The Morgan fingerprint density at radius 2 is 1.87 bits per heavy atom. The number of rotatable bonds is 1. The van der Waals surface area contributed by atoms with Crippen molar-refractivity contribution in [2.24, 2.45) is 0 Å². The van der Waals surface area contributed by atoms with Crippen LogP contribution < -0.4 is 0 Å². The molecule has 88 valence electrons. The molecule has 1 atom stereocenters. The Hall–Kier alpha value is -0.980. The topological polar surface area (TPSA) is 57.6 Å². The van der Waals surface area contributed by atoms with E-state index in [1.807, 2.05) is 0 Å². The molecule has 0 aromatic carbocycles. The Kier molecular flexibility index (Phi) is 4.39. The molecule has 4 nitrogen and oxygen atoms in total. The van der Waals surface area contributed by atoms with E-state index in [1.165, 1.54) is 0 Å². The number of alkyl halides is 3. The summed E-state index contributed by atoms with van der Waals surface area (Å²) in [6.07, 6.45) is -4.62. The third-order valence-electron chi connectivity index (χ3n) is 2.04. The highest BCUT2D eigenvalue weighted by Crippen LogP contribution is 2.25. The lowest BCUT2D eigenvalue weighted by Crippen LogP contribution is -2.46. The van der Waals surface area contributed by atoms with E-state index in [-0.39, 0.29) is 25.4 Å². The van der Waals surface area contributed by atoms with Crippen molar-refractivity contribution in [1.29, 1.82) is 0 Å². The lowest BCUT2D eigenvalue weighted by molar-refractivity contribution is -0.187. The summed E-state index contributed by atoms with van der Waals surface area (Å²) in [5, 5.41) is 8.54. The zero-order valence-electron chi connectivity index (χ0n) is 7.45. The second-order valence-electron chi connectivity index (χ2n) is 2.99. The van der Waals surface area contributed by atoms with Gasteiger partial charge in [-0.05, 0) is 12.8 Å². The smallest absolute Gasteiger partial charge is 0.471 e. The van der Waals surface area contributed by atoms with Crippen molar-refractivity contribution < 1.29 is 27.9 Å². The predicted octanol–water partition coefficient (Wildman–Crippen LogP) is 1.05. The normalized spacial score (nSPS) is 21.0. The SMILES string of the molecule is Cl.O=C(O)C1CCCN1C(=O)C(F)(F)F. The van der Waals surface area contributed by atoms with E-state index < -0.39 is 24.1 Å². The summed E-state index contributed by atoms with van der Waals surface area (Å²) in [4.78, 5) is 21.6. The van der Waals surface area contributed by atoms with Crippen molar-refractivity contribution in [3.63, 3.8) is 0 Å². The maximum atomic E-state index is 12.0. The average molecular weight is 248 g/mol. The van der Waals surface area contributed by atoms with Crippen molar-refractivity contribution in [2.45, 2.75) is 25.1 Å². The zero-order chi connectivity index (χ0) is 10.9. The molecule has 1 rings (SSSR count). The van der Waals surface area contributed by atoms with Gasteiger partial charge in [-0.1, -0.05) is 0 Å². The number of aliphatic carboxylic acids is 1. The van der Waals surface area contributed by atoms with Crippen molar-refractivity contribution >= 4 is 24.3 Å². The first-order chi connectivity index (χ1) is 6.34. The van der Waals surface area contributed by atoms with Gasteiger partial charge in [-0.25, -0.2) is 4.79 Å². The van der Waals surface area contributed by atoms with E-state index in [4.69, 9.17) is 5.11 Å². The molecule has 1 fully saturated rings. The summed E-state index contributed by atoms with van der Waals surface area (Å²) in [6.45, 7) is -0.144. The van der Waals surface area contributed by atoms with E-state index in [0.29, 0.717) is 11.3 Å². The highest BCUT2D eigenvalue weighted by Gasteiger charge is 2.47. The van der Waals surface area contributed by atoms with E-state index in [2.05, 4.69) is 0 Å². The lowest BCUT2D eigenvalue weighted by Gasteiger charge is -2.22. The van der Waals surface area contributed by atoms with Gasteiger partial charge >= 0.3 is 18.1 Å². The molecular weight excluding hydrogens is 239 g/mol. The van der Waals surface area contributed by atoms with E-state index >= 15 is 0 Å². The predicted molar refractivity (Wildman–Crippen MR) is 45.7 cm³/mol. The molecule has 1 N–H and O–H groups in total. The number of carbonyl (C=O) groups is 2. The minimum Gasteiger partial charge on any atom is -0.480 e. The summed E-state index contributed by atoms with van der Waals surface area (Å²) in [6, 6.07) is -1.33. The number of likely N-dealkylation sites (tertiary alicyclic amines) is 1. The van der Waals surface area contributed by atoms with Gasteiger partial charge in [-0.2, -0.15) is 13.2 Å². The minimum atomic E-state index is -4.99. The molecule has 0 bridgehead atoms. The standard InChI is InChI=1S/C7H8F3NO3.ClH/c8-7(9,10)6(14)11-3-1-2-4(11)5(12)13;/h4H,1-3H2,(H,12,13);1H. The monoisotopic (exact) mass is 247 g/mol. The van der Waals surface area contributed by atoms with Crippen LogP contribution in [-0.2, 0) is 9.59 Å². The highest BCUT2D eigenvalue weighted by molar-refractivity contribution is 5.87. The number of halogens is 4. The first-order valence-corrected chi connectivity index (χ1v) is 3.94. The van der Waals surface area contributed by atoms with Crippen LogP contribution in [0.5, 0.6) is 0 Å². The molecule has 8 heteroatoms. The Bertz CT molecular complexity index is 269. The quantitative estimate of drug-likeness (QED) is 0.753. The second-order valence-corrected chi connectivity index (χ2v) is 2.99. The first kappa shape index (κ1) is 14.0. The van der Waals surface area contributed by atoms with E-state index in [0.717, 1.165) is 0 Å². The van der Waals surface area contributed by atoms with Gasteiger partial charge in [-0.3, -0.25) is 4.79 Å². The number of hydrogen-bond donors (Lipinski definition) is 1. The van der Waals surface area contributed by atoms with E-state index in [1.54, 1.807) is 0 Å². The van der Waals surface area contributed by atoms with Gasteiger partial charge < -0.3 is 10.0 Å². The third kappa shape index (κ3) is 2.98. The molecule has 0 radical (unpaired) electrons. The highest BCUT2D eigenvalue weighted by atomic mass is 35.5. The van der Waals surface area contributed by atoms with Crippen LogP contribution in [0.1, 0.15) is 12.8 Å². The summed E-state index contributed by atoms with van der Waals surface area (Å²) in [5.41, 5.74) is 0. The second kappa shape index (κ2) is 4.69. The number of carboxylic acids is 1. The zero-order valence-corrected chi connectivity index (χ0v) is 8.27. The van der Waals surface area contributed by atoms with Crippen LogP contribution >= 0.6 is 12.4 Å². The maximum Gasteiger partial charge on any atom is 0.471 e. The fraction of sp³-hybridized carbons (Fsp3) is 0.714. The van der Waals surface area contributed by atoms with E-state index in [9.17, 15) is 22.8 Å². The molecule has 0 spiro atoms. The Morgan fingerprint density at radius 3 is 2.27 bits per heavy atom. The van der Waals surface area contributed by atoms with Crippen molar-refractivity contribution in [2.75, 3.05) is 6.54 Å². The first-order valence-electron chi connectivity index (χ1n) is 3.94. The van der Waals surface area contributed by atoms with Gasteiger partial charge in [0.2, 0.25) is 0 Å². The Labute approximate surface area is 89.4 Å². The van der Waals surface area contributed by atoms with Gasteiger partial charge in [0, 0.05) is 6.54 Å². The van der Waals surface area contributed by atoms with Crippen LogP contribution in [-0.4, -0.2) is 40.6 Å². The van der Waals surface area contributed by atoms with Crippen LogP contribution in [0.15, 0.2) is 0 Å². The number of carboxylic acid groups (broad SMARTS) is 1. The molecule has 1 unspecified atom stereocenters. The molecule has 1 heterocycles.